The fourth-order valence-electron chi connectivity index (χ4n) is 2.57. The third-order valence-electron chi connectivity index (χ3n) is 4.01. The van der Waals surface area contributed by atoms with Crippen molar-refractivity contribution in [2.75, 3.05) is 19.8 Å². The minimum absolute atomic E-state index is 0.00256. The predicted octanol–water partition coefficient (Wildman–Crippen LogP) is 0.660. The number of hydrogen-bond donors (Lipinski definition) is 1. The van der Waals surface area contributed by atoms with Gasteiger partial charge in [0.15, 0.2) is 0 Å². The molecule has 0 spiro atoms. The third kappa shape index (κ3) is 2.41. The molecule has 6 heteroatoms. The first-order valence-electron chi connectivity index (χ1n) is 6.95. The average molecular weight is 289 g/mol. The van der Waals surface area contributed by atoms with Crippen LogP contribution in [0, 0.1) is 19.3 Å². The lowest BCUT2D eigenvalue weighted by atomic mass is 9.87. The van der Waals surface area contributed by atoms with Gasteiger partial charge >= 0.3 is 5.69 Å². The first-order chi connectivity index (χ1) is 10.0. The van der Waals surface area contributed by atoms with Crippen LogP contribution in [-0.4, -0.2) is 39.3 Å². The van der Waals surface area contributed by atoms with E-state index in [9.17, 15) is 9.90 Å². The van der Waals surface area contributed by atoms with E-state index in [1.54, 1.807) is 9.36 Å². The van der Waals surface area contributed by atoms with E-state index in [0.717, 1.165) is 16.8 Å². The molecule has 6 nitrogen and oxygen atoms in total. The molecule has 2 heterocycles. The zero-order valence-electron chi connectivity index (χ0n) is 12.2. The van der Waals surface area contributed by atoms with Crippen LogP contribution in [0.2, 0.25) is 0 Å². The maximum Gasteiger partial charge on any atom is 0.364 e. The maximum atomic E-state index is 12.1. The van der Waals surface area contributed by atoms with Gasteiger partial charge in [-0.2, -0.15) is 4.98 Å². The molecule has 2 aromatic rings. The van der Waals surface area contributed by atoms with Gasteiger partial charge in [0.2, 0.25) is 0 Å². The van der Waals surface area contributed by atoms with Crippen molar-refractivity contribution < 1.29 is 9.84 Å². The SMILES string of the molecule is Cc1ccc(C)c(-n2cnc(=O)n2CC2(CO)COC2)c1. The van der Waals surface area contributed by atoms with Crippen LogP contribution in [0.15, 0.2) is 29.3 Å². The Hall–Kier alpha value is -1.92. The Balaban J connectivity index is 2.05. The monoisotopic (exact) mass is 289 g/mol. The highest BCUT2D eigenvalue weighted by Crippen LogP contribution is 2.28. The van der Waals surface area contributed by atoms with Gasteiger partial charge in [-0.15, -0.1) is 0 Å². The second kappa shape index (κ2) is 5.13. The smallest absolute Gasteiger partial charge is 0.364 e. The van der Waals surface area contributed by atoms with Crippen LogP contribution in [0.1, 0.15) is 11.1 Å². The van der Waals surface area contributed by atoms with Gasteiger partial charge < -0.3 is 9.84 Å². The highest BCUT2D eigenvalue weighted by atomic mass is 16.5. The molecule has 0 bridgehead atoms. The van der Waals surface area contributed by atoms with Crippen molar-refractivity contribution in [1.29, 1.82) is 0 Å². The summed E-state index contributed by atoms with van der Waals surface area (Å²) in [5, 5.41) is 9.56. The summed E-state index contributed by atoms with van der Waals surface area (Å²) < 4.78 is 8.54. The van der Waals surface area contributed by atoms with E-state index in [2.05, 4.69) is 4.98 Å². The summed E-state index contributed by atoms with van der Waals surface area (Å²) in [6, 6.07) is 6.08. The number of aromatic nitrogens is 3. The Morgan fingerprint density at radius 3 is 2.76 bits per heavy atom. The lowest BCUT2D eigenvalue weighted by molar-refractivity contribution is -0.147. The van der Waals surface area contributed by atoms with Crippen molar-refractivity contribution in [2.45, 2.75) is 20.4 Å². The van der Waals surface area contributed by atoms with Crippen molar-refractivity contribution >= 4 is 0 Å². The summed E-state index contributed by atoms with van der Waals surface area (Å²) in [4.78, 5) is 15.9. The molecule has 1 N–H and O–H groups in total. The molecule has 21 heavy (non-hydrogen) atoms. The topological polar surface area (TPSA) is 69.3 Å². The first kappa shape index (κ1) is 14.0. The van der Waals surface area contributed by atoms with E-state index in [4.69, 9.17) is 4.74 Å². The van der Waals surface area contributed by atoms with Gasteiger partial charge in [0.05, 0.1) is 37.5 Å². The molecule has 0 saturated carbocycles. The van der Waals surface area contributed by atoms with Crippen molar-refractivity contribution in [3.63, 3.8) is 0 Å². The standard InChI is InChI=1S/C15H19N3O3/c1-11-3-4-12(2)13(5-11)18-10-16-14(20)17(18)6-15(7-19)8-21-9-15/h3-5,10,19H,6-9H2,1-2H3. The molecular formula is C15H19N3O3. The minimum Gasteiger partial charge on any atom is -0.396 e. The van der Waals surface area contributed by atoms with Crippen LogP contribution in [0.25, 0.3) is 5.69 Å². The summed E-state index contributed by atoms with van der Waals surface area (Å²) in [7, 11) is 0. The third-order valence-corrected chi connectivity index (χ3v) is 4.01. The zero-order valence-corrected chi connectivity index (χ0v) is 12.2. The van der Waals surface area contributed by atoms with Gasteiger partial charge in [0.25, 0.3) is 0 Å². The predicted molar refractivity (Wildman–Crippen MR) is 77.6 cm³/mol. The Kier molecular flexibility index (Phi) is 3.43. The number of benzene rings is 1. The van der Waals surface area contributed by atoms with E-state index >= 15 is 0 Å². The van der Waals surface area contributed by atoms with Gasteiger partial charge in [-0.3, -0.25) is 0 Å². The van der Waals surface area contributed by atoms with Crippen molar-refractivity contribution in [1.82, 2.24) is 14.3 Å². The number of nitrogens with zero attached hydrogens (tertiary/aromatic N) is 3. The van der Waals surface area contributed by atoms with E-state index in [1.165, 1.54) is 6.33 Å². The van der Waals surface area contributed by atoms with Crippen molar-refractivity contribution in [2.24, 2.45) is 5.41 Å². The van der Waals surface area contributed by atoms with Gasteiger partial charge in [0, 0.05) is 0 Å². The maximum absolute atomic E-state index is 12.1. The molecule has 1 aromatic carbocycles. The molecule has 1 aromatic heterocycles. The highest BCUT2D eigenvalue weighted by Gasteiger charge is 2.39. The highest BCUT2D eigenvalue weighted by molar-refractivity contribution is 5.42. The van der Waals surface area contributed by atoms with Crippen LogP contribution in [0.5, 0.6) is 0 Å². The van der Waals surface area contributed by atoms with Gasteiger partial charge in [-0.05, 0) is 31.0 Å². The summed E-state index contributed by atoms with van der Waals surface area (Å²) in [5.74, 6) is 0. The summed E-state index contributed by atoms with van der Waals surface area (Å²) in [5.41, 5.74) is 2.43. The Morgan fingerprint density at radius 1 is 1.38 bits per heavy atom. The Morgan fingerprint density at radius 2 is 2.14 bits per heavy atom. The number of rotatable bonds is 4. The lowest BCUT2D eigenvalue weighted by Gasteiger charge is -2.40. The molecule has 112 valence electrons. The van der Waals surface area contributed by atoms with E-state index in [-0.39, 0.29) is 17.7 Å². The number of aliphatic hydroxyl groups is 1. The lowest BCUT2D eigenvalue weighted by Crippen LogP contribution is -2.50. The van der Waals surface area contributed by atoms with Gasteiger partial charge in [-0.1, -0.05) is 12.1 Å². The van der Waals surface area contributed by atoms with E-state index in [1.807, 2.05) is 32.0 Å². The first-order valence-corrected chi connectivity index (χ1v) is 6.95. The Labute approximate surface area is 122 Å². The van der Waals surface area contributed by atoms with Gasteiger partial charge in [-0.25, -0.2) is 14.2 Å². The number of hydrogen-bond acceptors (Lipinski definition) is 4. The largest absolute Gasteiger partial charge is 0.396 e. The fraction of sp³-hybridized carbons (Fsp3) is 0.467. The molecule has 0 amide bonds. The summed E-state index contributed by atoms with van der Waals surface area (Å²) in [6.07, 6.45) is 1.54. The van der Waals surface area contributed by atoms with E-state index in [0.29, 0.717) is 19.8 Å². The molecule has 1 aliphatic heterocycles. The van der Waals surface area contributed by atoms with Gasteiger partial charge in [0.1, 0.15) is 6.33 Å². The molecule has 0 atom stereocenters. The number of aliphatic hydroxyl groups excluding tert-OH is 1. The van der Waals surface area contributed by atoms with E-state index < -0.39 is 0 Å². The summed E-state index contributed by atoms with van der Waals surface area (Å²) >= 11 is 0. The Bertz CT molecular complexity index is 708. The normalized spacial score (nSPS) is 16.7. The van der Waals surface area contributed by atoms with Crippen LogP contribution in [0.4, 0.5) is 0 Å². The molecular weight excluding hydrogens is 270 g/mol. The molecule has 1 fully saturated rings. The average Bonchev–Trinajstić information content (AvgIpc) is 2.78. The van der Waals surface area contributed by atoms with Crippen LogP contribution >= 0.6 is 0 Å². The fourth-order valence-corrected chi connectivity index (χ4v) is 2.57. The molecule has 3 rings (SSSR count). The van der Waals surface area contributed by atoms with Crippen LogP contribution in [-0.2, 0) is 11.3 Å². The quantitative estimate of drug-likeness (QED) is 0.897. The molecule has 0 aliphatic carbocycles. The summed E-state index contributed by atoms with van der Waals surface area (Å²) in [6.45, 7) is 5.34. The minimum atomic E-state index is -0.376. The van der Waals surface area contributed by atoms with Crippen molar-refractivity contribution in [3.8, 4) is 5.69 Å². The second-order valence-electron chi connectivity index (χ2n) is 5.87. The molecule has 0 unspecified atom stereocenters. The molecule has 0 radical (unpaired) electrons. The zero-order chi connectivity index (χ0) is 15.0. The second-order valence-corrected chi connectivity index (χ2v) is 5.87. The number of aryl methyl sites for hydroxylation is 2. The number of ether oxygens (including phenoxy) is 1. The van der Waals surface area contributed by atoms with Crippen LogP contribution in [0.3, 0.4) is 0 Å². The van der Waals surface area contributed by atoms with Crippen molar-refractivity contribution in [3.05, 3.63) is 46.1 Å². The molecule has 1 saturated heterocycles. The molecule has 1 aliphatic rings. The van der Waals surface area contributed by atoms with Crippen LogP contribution < -0.4 is 5.69 Å².